The van der Waals surface area contributed by atoms with Crippen LogP contribution in [0.1, 0.15) is 52.4 Å². The number of ether oxygens (including phenoxy) is 2. The van der Waals surface area contributed by atoms with Crippen molar-refractivity contribution in [1.29, 1.82) is 0 Å². The smallest absolute Gasteiger partial charge is 0.309 e. The first-order valence-corrected chi connectivity index (χ1v) is 6.53. The van der Waals surface area contributed by atoms with Crippen LogP contribution in [0.15, 0.2) is 0 Å². The minimum Gasteiger partial charge on any atom is -0.466 e. The summed E-state index contributed by atoms with van der Waals surface area (Å²) >= 11 is 0. The van der Waals surface area contributed by atoms with Gasteiger partial charge in [-0.1, -0.05) is 6.92 Å². The average molecular weight is 242 g/mol. The van der Waals surface area contributed by atoms with Gasteiger partial charge < -0.3 is 9.47 Å². The SMILES string of the molecule is CCOC(=O)CC(CC)C(=O)OC1CCCC1. The van der Waals surface area contributed by atoms with Crippen molar-refractivity contribution < 1.29 is 19.1 Å². The summed E-state index contributed by atoms with van der Waals surface area (Å²) in [6.07, 6.45) is 5.00. The van der Waals surface area contributed by atoms with E-state index in [0.717, 1.165) is 25.7 Å². The van der Waals surface area contributed by atoms with Gasteiger partial charge in [-0.15, -0.1) is 0 Å². The second kappa shape index (κ2) is 7.30. The van der Waals surface area contributed by atoms with E-state index in [1.54, 1.807) is 6.92 Å². The van der Waals surface area contributed by atoms with Gasteiger partial charge in [-0.2, -0.15) is 0 Å². The molecule has 0 amide bonds. The minimum atomic E-state index is -0.352. The summed E-state index contributed by atoms with van der Waals surface area (Å²) in [4.78, 5) is 23.2. The molecule has 0 aromatic rings. The van der Waals surface area contributed by atoms with E-state index in [1.165, 1.54) is 0 Å². The summed E-state index contributed by atoms with van der Waals surface area (Å²) in [7, 11) is 0. The molecule has 0 bridgehead atoms. The Balaban J connectivity index is 2.37. The van der Waals surface area contributed by atoms with E-state index in [1.807, 2.05) is 6.92 Å². The van der Waals surface area contributed by atoms with Crippen LogP contribution in [-0.2, 0) is 19.1 Å². The summed E-state index contributed by atoms with van der Waals surface area (Å²) in [5.41, 5.74) is 0. The summed E-state index contributed by atoms with van der Waals surface area (Å²) < 4.78 is 10.2. The van der Waals surface area contributed by atoms with E-state index in [-0.39, 0.29) is 30.4 Å². The van der Waals surface area contributed by atoms with Crippen molar-refractivity contribution in [3.05, 3.63) is 0 Å². The lowest BCUT2D eigenvalue weighted by Gasteiger charge is -2.17. The molecule has 1 atom stereocenters. The third kappa shape index (κ3) is 4.75. The van der Waals surface area contributed by atoms with Crippen molar-refractivity contribution in [3.63, 3.8) is 0 Å². The fraction of sp³-hybridized carbons (Fsp3) is 0.846. The first-order valence-electron chi connectivity index (χ1n) is 6.53. The maximum atomic E-state index is 11.8. The van der Waals surface area contributed by atoms with Gasteiger partial charge in [0.15, 0.2) is 0 Å². The van der Waals surface area contributed by atoms with Crippen molar-refractivity contribution >= 4 is 11.9 Å². The van der Waals surface area contributed by atoms with Crippen LogP contribution in [0, 0.1) is 5.92 Å². The standard InChI is InChI=1S/C13H22O4/c1-3-10(9-12(14)16-4-2)13(15)17-11-7-5-6-8-11/h10-11H,3-9H2,1-2H3. The second-order valence-corrected chi connectivity index (χ2v) is 4.46. The molecule has 0 spiro atoms. The predicted molar refractivity (Wildman–Crippen MR) is 63.4 cm³/mol. The zero-order valence-electron chi connectivity index (χ0n) is 10.7. The molecule has 0 aliphatic heterocycles. The maximum absolute atomic E-state index is 11.8. The second-order valence-electron chi connectivity index (χ2n) is 4.46. The van der Waals surface area contributed by atoms with Gasteiger partial charge in [0.25, 0.3) is 0 Å². The number of rotatable bonds is 6. The molecule has 17 heavy (non-hydrogen) atoms. The average Bonchev–Trinajstić information content (AvgIpc) is 2.78. The molecule has 4 nitrogen and oxygen atoms in total. The number of carbonyl (C=O) groups excluding carboxylic acids is 2. The number of hydrogen-bond acceptors (Lipinski definition) is 4. The maximum Gasteiger partial charge on any atom is 0.309 e. The number of carbonyl (C=O) groups is 2. The van der Waals surface area contributed by atoms with Crippen LogP contribution in [0.5, 0.6) is 0 Å². The first kappa shape index (κ1) is 14.0. The molecule has 0 heterocycles. The van der Waals surface area contributed by atoms with E-state index in [4.69, 9.17) is 9.47 Å². The van der Waals surface area contributed by atoms with Crippen molar-refractivity contribution in [2.75, 3.05) is 6.61 Å². The Morgan fingerprint density at radius 2 is 1.88 bits per heavy atom. The van der Waals surface area contributed by atoms with Crippen LogP contribution in [0.3, 0.4) is 0 Å². The summed E-state index contributed by atoms with van der Waals surface area (Å²) in [6.45, 7) is 4.00. The van der Waals surface area contributed by atoms with E-state index in [9.17, 15) is 9.59 Å². The van der Waals surface area contributed by atoms with E-state index < -0.39 is 0 Å². The highest BCUT2D eigenvalue weighted by molar-refractivity contribution is 5.80. The normalized spacial score (nSPS) is 17.8. The van der Waals surface area contributed by atoms with Gasteiger partial charge in [-0.25, -0.2) is 0 Å². The lowest BCUT2D eigenvalue weighted by Crippen LogP contribution is -2.25. The van der Waals surface area contributed by atoms with E-state index >= 15 is 0 Å². The Morgan fingerprint density at radius 1 is 1.24 bits per heavy atom. The molecule has 1 unspecified atom stereocenters. The van der Waals surface area contributed by atoms with Gasteiger partial charge in [-0.3, -0.25) is 9.59 Å². The molecule has 0 aromatic heterocycles. The van der Waals surface area contributed by atoms with Gasteiger partial charge in [0, 0.05) is 0 Å². The van der Waals surface area contributed by atoms with Crippen LogP contribution in [0.4, 0.5) is 0 Å². The number of esters is 2. The molecule has 1 saturated carbocycles. The van der Waals surface area contributed by atoms with Gasteiger partial charge in [0.05, 0.1) is 18.9 Å². The molecule has 0 saturated heterocycles. The molecule has 0 aromatic carbocycles. The van der Waals surface area contributed by atoms with Gasteiger partial charge in [-0.05, 0) is 39.0 Å². The molecule has 0 radical (unpaired) electrons. The quantitative estimate of drug-likeness (QED) is 0.671. The third-order valence-electron chi connectivity index (χ3n) is 3.13. The highest BCUT2D eigenvalue weighted by atomic mass is 16.5. The molecule has 4 heteroatoms. The van der Waals surface area contributed by atoms with Crippen LogP contribution >= 0.6 is 0 Å². The topological polar surface area (TPSA) is 52.6 Å². The minimum absolute atomic E-state index is 0.0683. The largest absolute Gasteiger partial charge is 0.466 e. The Morgan fingerprint density at radius 3 is 2.41 bits per heavy atom. The lowest BCUT2D eigenvalue weighted by molar-refractivity contribution is -0.158. The van der Waals surface area contributed by atoms with Crippen LogP contribution < -0.4 is 0 Å². The van der Waals surface area contributed by atoms with Gasteiger partial charge in [0.1, 0.15) is 6.10 Å². The van der Waals surface area contributed by atoms with E-state index in [0.29, 0.717) is 13.0 Å². The Kier molecular flexibility index (Phi) is 6.01. The molecule has 0 N–H and O–H groups in total. The monoisotopic (exact) mass is 242 g/mol. The zero-order valence-corrected chi connectivity index (χ0v) is 10.7. The lowest BCUT2D eigenvalue weighted by atomic mass is 10.0. The molecular weight excluding hydrogens is 220 g/mol. The van der Waals surface area contributed by atoms with Gasteiger partial charge >= 0.3 is 11.9 Å². The zero-order chi connectivity index (χ0) is 12.7. The Bertz CT molecular complexity index is 256. The fourth-order valence-electron chi connectivity index (χ4n) is 2.08. The summed E-state index contributed by atoms with van der Waals surface area (Å²) in [6, 6.07) is 0. The summed E-state index contributed by atoms with van der Waals surface area (Å²) in [5, 5.41) is 0. The van der Waals surface area contributed by atoms with Crippen molar-refractivity contribution in [1.82, 2.24) is 0 Å². The Labute approximate surface area is 103 Å². The van der Waals surface area contributed by atoms with Crippen LogP contribution in [-0.4, -0.2) is 24.6 Å². The molecule has 98 valence electrons. The van der Waals surface area contributed by atoms with Crippen molar-refractivity contribution in [3.8, 4) is 0 Å². The molecule has 1 fully saturated rings. The molecule has 1 aliphatic carbocycles. The van der Waals surface area contributed by atoms with Gasteiger partial charge in [0.2, 0.25) is 0 Å². The van der Waals surface area contributed by atoms with Crippen LogP contribution in [0.2, 0.25) is 0 Å². The highest BCUT2D eigenvalue weighted by Crippen LogP contribution is 2.23. The first-order chi connectivity index (χ1) is 8.17. The Hall–Kier alpha value is -1.06. The van der Waals surface area contributed by atoms with Crippen molar-refractivity contribution in [2.45, 2.75) is 58.5 Å². The summed E-state index contributed by atoms with van der Waals surface area (Å²) in [5.74, 6) is -0.912. The molecular formula is C13H22O4. The highest BCUT2D eigenvalue weighted by Gasteiger charge is 2.26. The fourth-order valence-corrected chi connectivity index (χ4v) is 2.08. The predicted octanol–water partition coefficient (Wildman–Crippen LogP) is 2.45. The third-order valence-corrected chi connectivity index (χ3v) is 3.13. The molecule has 1 aliphatic rings. The van der Waals surface area contributed by atoms with E-state index in [2.05, 4.69) is 0 Å². The molecule has 1 rings (SSSR count). The van der Waals surface area contributed by atoms with Crippen LogP contribution in [0.25, 0.3) is 0 Å². The van der Waals surface area contributed by atoms with Crippen molar-refractivity contribution in [2.24, 2.45) is 5.92 Å². The number of hydrogen-bond donors (Lipinski definition) is 0.